The van der Waals surface area contributed by atoms with Crippen molar-refractivity contribution in [2.45, 2.75) is 56.3 Å². The Morgan fingerprint density at radius 2 is 1.46 bits per heavy atom. The average molecular weight is 638 g/mol. The summed E-state index contributed by atoms with van der Waals surface area (Å²) in [5.74, 6) is -4.96. The van der Waals surface area contributed by atoms with Gasteiger partial charge < -0.3 is 54.1 Å². The minimum Gasteiger partial charge on any atom is -0.508 e. The SMILES string of the molecule is NC(=O)CC(NC(=O)C(CCCN=C(N)N)NC(=O)C(Cc1ccc(O)cc1)NC(=O)C(N)Cc1c[nH]c2ccccc12)C(=O)O. The van der Waals surface area contributed by atoms with Gasteiger partial charge in [0.1, 0.15) is 23.9 Å². The van der Waals surface area contributed by atoms with Crippen LogP contribution in [0.1, 0.15) is 30.4 Å². The number of H-pyrrole nitrogens is 1. The van der Waals surface area contributed by atoms with Gasteiger partial charge in [0, 0.05) is 30.1 Å². The van der Waals surface area contributed by atoms with Gasteiger partial charge in [0.05, 0.1) is 12.5 Å². The number of aromatic amines is 1. The van der Waals surface area contributed by atoms with E-state index in [4.69, 9.17) is 22.9 Å². The smallest absolute Gasteiger partial charge is 0.326 e. The van der Waals surface area contributed by atoms with Crippen LogP contribution in [0.25, 0.3) is 10.9 Å². The molecule has 0 spiro atoms. The quantitative estimate of drug-likeness (QED) is 0.0462. The molecule has 16 nitrogen and oxygen atoms in total. The molecule has 1 heterocycles. The van der Waals surface area contributed by atoms with Gasteiger partial charge in [0.15, 0.2) is 5.96 Å². The monoisotopic (exact) mass is 637 g/mol. The van der Waals surface area contributed by atoms with Crippen molar-refractivity contribution in [3.63, 3.8) is 0 Å². The third-order valence-corrected chi connectivity index (χ3v) is 7.06. The van der Waals surface area contributed by atoms with E-state index in [1.807, 2.05) is 24.3 Å². The van der Waals surface area contributed by atoms with Gasteiger partial charge in [0.2, 0.25) is 23.6 Å². The van der Waals surface area contributed by atoms with Crippen LogP contribution in [0.15, 0.2) is 59.7 Å². The number of para-hydroxylation sites is 1. The van der Waals surface area contributed by atoms with Crippen molar-refractivity contribution in [2.24, 2.45) is 27.9 Å². The molecule has 46 heavy (non-hydrogen) atoms. The Labute approximate surface area is 264 Å². The lowest BCUT2D eigenvalue weighted by Gasteiger charge is -2.25. The number of phenols is 1. The molecule has 3 aromatic rings. The normalized spacial score (nSPS) is 13.5. The molecule has 246 valence electrons. The number of nitrogens with one attached hydrogen (secondary N) is 4. The third kappa shape index (κ3) is 10.5. The van der Waals surface area contributed by atoms with Crippen molar-refractivity contribution in [3.8, 4) is 5.75 Å². The number of nitrogens with two attached hydrogens (primary N) is 4. The van der Waals surface area contributed by atoms with E-state index in [9.17, 15) is 34.2 Å². The Morgan fingerprint density at radius 1 is 0.826 bits per heavy atom. The van der Waals surface area contributed by atoms with Crippen LogP contribution in [0.5, 0.6) is 5.75 Å². The van der Waals surface area contributed by atoms with E-state index in [0.717, 1.165) is 16.5 Å². The Balaban J connectivity index is 1.81. The summed E-state index contributed by atoms with van der Waals surface area (Å²) < 4.78 is 0. The first-order valence-corrected chi connectivity index (χ1v) is 14.4. The second-order valence-electron chi connectivity index (χ2n) is 10.7. The molecule has 1 aromatic heterocycles. The lowest BCUT2D eigenvalue weighted by atomic mass is 10.0. The fourth-order valence-corrected chi connectivity index (χ4v) is 4.70. The van der Waals surface area contributed by atoms with Crippen LogP contribution in [0.2, 0.25) is 0 Å². The summed E-state index contributed by atoms with van der Waals surface area (Å²) in [6.07, 6.45) is 1.37. The summed E-state index contributed by atoms with van der Waals surface area (Å²) in [5.41, 5.74) is 24.4. The number of benzene rings is 2. The number of rotatable bonds is 17. The van der Waals surface area contributed by atoms with Crippen molar-refractivity contribution in [1.29, 1.82) is 0 Å². The predicted octanol–water partition coefficient (Wildman–Crippen LogP) is -1.55. The zero-order chi connectivity index (χ0) is 33.8. The zero-order valence-electron chi connectivity index (χ0n) is 24.9. The van der Waals surface area contributed by atoms with Crippen molar-refractivity contribution >= 4 is 46.5 Å². The molecular weight excluding hydrogens is 598 g/mol. The standard InChI is InChI=1S/C30H39N9O7/c31-20(13-17-15-36-21-5-2-1-4-19(17)21)26(42)38-23(12-16-7-9-18(40)10-8-16)28(44)37-22(6-3-11-35-30(33)34)27(43)39-24(29(45)46)14-25(32)41/h1-2,4-5,7-10,15,20,22-24,36,40H,3,6,11-14,31H2,(H2,32,41)(H,37,44)(H,38,42)(H,39,43)(H,45,46)(H4,33,34,35). The van der Waals surface area contributed by atoms with Gasteiger partial charge in [-0.05, 0) is 48.6 Å². The Morgan fingerprint density at radius 3 is 2.11 bits per heavy atom. The summed E-state index contributed by atoms with van der Waals surface area (Å²) in [6, 6.07) is 8.24. The minimum atomic E-state index is -1.64. The minimum absolute atomic E-state index is 0.00371. The molecule has 0 aliphatic heterocycles. The van der Waals surface area contributed by atoms with Gasteiger partial charge in [-0.2, -0.15) is 0 Å². The van der Waals surface area contributed by atoms with Crippen LogP contribution < -0.4 is 38.9 Å². The van der Waals surface area contributed by atoms with Gasteiger partial charge in [-0.1, -0.05) is 30.3 Å². The lowest BCUT2D eigenvalue weighted by molar-refractivity contribution is -0.143. The first-order chi connectivity index (χ1) is 21.8. The molecule has 4 unspecified atom stereocenters. The van der Waals surface area contributed by atoms with Crippen LogP contribution in [0.3, 0.4) is 0 Å². The molecule has 0 fully saturated rings. The summed E-state index contributed by atoms with van der Waals surface area (Å²) in [4.78, 5) is 70.1. The number of carboxylic acids is 1. The first-order valence-electron chi connectivity index (χ1n) is 14.4. The molecule has 14 N–H and O–H groups in total. The number of amides is 4. The molecular formula is C30H39N9O7. The van der Waals surface area contributed by atoms with Crippen LogP contribution in [0, 0.1) is 0 Å². The number of aromatic hydroxyl groups is 1. The summed E-state index contributed by atoms with van der Waals surface area (Å²) in [7, 11) is 0. The molecule has 2 aromatic carbocycles. The van der Waals surface area contributed by atoms with E-state index in [-0.39, 0.29) is 43.9 Å². The number of carbonyl (C=O) groups is 5. The number of hydrogen-bond donors (Lipinski definition) is 10. The lowest BCUT2D eigenvalue weighted by Crippen LogP contribution is -2.58. The van der Waals surface area contributed by atoms with Gasteiger partial charge >= 0.3 is 5.97 Å². The van der Waals surface area contributed by atoms with E-state index in [0.29, 0.717) is 5.56 Å². The van der Waals surface area contributed by atoms with Crippen LogP contribution in [-0.2, 0) is 36.8 Å². The highest BCUT2D eigenvalue weighted by Gasteiger charge is 2.31. The number of nitrogens with zero attached hydrogens (tertiary/aromatic N) is 1. The Kier molecular flexibility index (Phi) is 12.5. The zero-order valence-corrected chi connectivity index (χ0v) is 24.9. The predicted molar refractivity (Wildman–Crippen MR) is 169 cm³/mol. The highest BCUT2D eigenvalue weighted by molar-refractivity contribution is 5.95. The number of aromatic nitrogens is 1. The number of phenolic OH excluding ortho intramolecular Hbond substituents is 1. The topological polar surface area (TPSA) is 294 Å². The fraction of sp³-hybridized carbons (Fsp3) is 0.333. The highest BCUT2D eigenvalue weighted by Crippen LogP contribution is 2.19. The average Bonchev–Trinajstić information content (AvgIpc) is 3.40. The number of aliphatic imine (C=N–C) groups is 1. The summed E-state index contributed by atoms with van der Waals surface area (Å²) in [6.45, 7) is 0.0992. The largest absolute Gasteiger partial charge is 0.508 e. The second kappa shape index (κ2) is 16.4. The number of carboxylic acid groups (broad SMARTS) is 1. The number of hydrogen-bond acceptors (Lipinski definition) is 8. The highest BCUT2D eigenvalue weighted by atomic mass is 16.4. The number of primary amides is 1. The van der Waals surface area contributed by atoms with E-state index < -0.39 is 60.2 Å². The van der Waals surface area contributed by atoms with E-state index in [1.165, 1.54) is 12.1 Å². The Bertz CT molecular complexity index is 1570. The van der Waals surface area contributed by atoms with E-state index >= 15 is 0 Å². The van der Waals surface area contributed by atoms with Gasteiger partial charge in [-0.3, -0.25) is 24.2 Å². The molecule has 0 aliphatic rings. The molecule has 4 amide bonds. The first kappa shape index (κ1) is 34.8. The van der Waals surface area contributed by atoms with Crippen molar-refractivity contribution in [2.75, 3.05) is 6.54 Å². The van der Waals surface area contributed by atoms with Gasteiger partial charge in [-0.15, -0.1) is 0 Å². The number of aliphatic carboxylic acids is 1. The second-order valence-corrected chi connectivity index (χ2v) is 10.7. The van der Waals surface area contributed by atoms with Gasteiger partial charge in [-0.25, -0.2) is 4.79 Å². The number of guanidine groups is 1. The van der Waals surface area contributed by atoms with Crippen LogP contribution in [0.4, 0.5) is 0 Å². The van der Waals surface area contributed by atoms with Crippen LogP contribution >= 0.6 is 0 Å². The van der Waals surface area contributed by atoms with Crippen molar-refractivity contribution < 1.29 is 34.2 Å². The maximum Gasteiger partial charge on any atom is 0.326 e. The fourth-order valence-electron chi connectivity index (χ4n) is 4.70. The van der Waals surface area contributed by atoms with Gasteiger partial charge in [0.25, 0.3) is 0 Å². The molecule has 0 radical (unpaired) electrons. The van der Waals surface area contributed by atoms with Crippen LogP contribution in [-0.4, -0.2) is 81.5 Å². The van der Waals surface area contributed by atoms with Crippen molar-refractivity contribution in [3.05, 3.63) is 65.9 Å². The number of fused-ring (bicyclic) bond motifs is 1. The molecule has 0 aliphatic carbocycles. The Hall–Kier alpha value is -5.64. The maximum absolute atomic E-state index is 13.7. The molecule has 16 heteroatoms. The third-order valence-electron chi connectivity index (χ3n) is 7.06. The summed E-state index contributed by atoms with van der Waals surface area (Å²) in [5, 5.41) is 27.5. The van der Waals surface area contributed by atoms with Crippen molar-refractivity contribution in [1.82, 2.24) is 20.9 Å². The molecule has 4 atom stereocenters. The summed E-state index contributed by atoms with van der Waals surface area (Å²) >= 11 is 0. The number of carbonyl (C=O) groups excluding carboxylic acids is 4. The molecule has 3 rings (SSSR count). The van der Waals surface area contributed by atoms with E-state index in [2.05, 4.69) is 25.9 Å². The van der Waals surface area contributed by atoms with E-state index in [1.54, 1.807) is 18.3 Å². The maximum atomic E-state index is 13.7. The molecule has 0 saturated carbocycles. The molecule has 0 saturated heterocycles. The molecule has 0 bridgehead atoms.